The van der Waals surface area contributed by atoms with Gasteiger partial charge < -0.3 is 9.53 Å². The van der Waals surface area contributed by atoms with Gasteiger partial charge in [0.2, 0.25) is 11.8 Å². The van der Waals surface area contributed by atoms with Crippen molar-refractivity contribution in [2.24, 2.45) is 0 Å². The van der Waals surface area contributed by atoms with Crippen LogP contribution in [0.2, 0.25) is 0 Å². The zero-order chi connectivity index (χ0) is 13.4. The molecule has 96 valence electrons. The Morgan fingerprint density at radius 2 is 1.59 bits per heavy atom. The minimum atomic E-state index is -0.468. The zero-order valence-electron chi connectivity index (χ0n) is 10.3. The van der Waals surface area contributed by atoms with Crippen LogP contribution in [-0.2, 0) is 23.9 Å². The summed E-state index contributed by atoms with van der Waals surface area (Å²) in [7, 11) is 0. The van der Waals surface area contributed by atoms with Gasteiger partial charge in [-0.05, 0) is 6.92 Å². The minimum Gasteiger partial charge on any atom is -0.464 e. The van der Waals surface area contributed by atoms with E-state index >= 15 is 0 Å². The van der Waals surface area contributed by atoms with Gasteiger partial charge in [0.25, 0.3) is 0 Å². The maximum atomic E-state index is 11.6. The Hall–Kier alpha value is -1.72. The fourth-order valence-corrected chi connectivity index (χ4v) is 1.16. The summed E-state index contributed by atoms with van der Waals surface area (Å²) in [6.07, 6.45) is 0.102. The van der Waals surface area contributed by atoms with E-state index in [2.05, 4.69) is 4.74 Å². The van der Waals surface area contributed by atoms with Crippen LogP contribution in [0.25, 0.3) is 0 Å². The number of amides is 2. The Morgan fingerprint density at radius 1 is 1.00 bits per heavy atom. The van der Waals surface area contributed by atoms with Gasteiger partial charge in [-0.3, -0.25) is 19.3 Å². The van der Waals surface area contributed by atoms with Crippen molar-refractivity contribution in [3.8, 4) is 0 Å². The summed E-state index contributed by atoms with van der Waals surface area (Å²) < 4.78 is 4.65. The van der Waals surface area contributed by atoms with Crippen LogP contribution in [0, 0.1) is 0 Å². The fourth-order valence-electron chi connectivity index (χ4n) is 1.16. The maximum absolute atomic E-state index is 11.6. The summed E-state index contributed by atoms with van der Waals surface area (Å²) >= 11 is 0. The molecule has 0 aromatic rings. The summed E-state index contributed by atoms with van der Waals surface area (Å²) in [6.45, 7) is 3.87. The van der Waals surface area contributed by atoms with Crippen LogP contribution in [0.1, 0.15) is 33.6 Å². The normalized spacial score (nSPS) is 9.59. The molecule has 0 saturated carbocycles. The van der Waals surface area contributed by atoms with Gasteiger partial charge in [0.1, 0.15) is 12.4 Å². The summed E-state index contributed by atoms with van der Waals surface area (Å²) in [5.41, 5.74) is 0. The van der Waals surface area contributed by atoms with Crippen molar-refractivity contribution in [3.63, 3.8) is 0 Å². The third kappa shape index (κ3) is 7.21. The van der Waals surface area contributed by atoms with Crippen molar-refractivity contribution in [2.75, 3.05) is 13.2 Å². The first-order valence-corrected chi connectivity index (χ1v) is 5.28. The maximum Gasteiger partial charge on any atom is 0.302 e. The molecule has 0 aromatic heterocycles. The molecule has 0 saturated heterocycles. The number of nitrogens with zero attached hydrogens (tertiary/aromatic N) is 1. The number of carbonyl (C=O) groups is 4. The van der Waals surface area contributed by atoms with Gasteiger partial charge in [-0.15, -0.1) is 0 Å². The highest BCUT2D eigenvalue weighted by Crippen LogP contribution is 2.00. The van der Waals surface area contributed by atoms with Crippen LogP contribution in [0.15, 0.2) is 0 Å². The number of ether oxygens (including phenoxy) is 1. The number of hydrogen-bond acceptors (Lipinski definition) is 5. The van der Waals surface area contributed by atoms with Gasteiger partial charge in [-0.1, -0.05) is 0 Å². The van der Waals surface area contributed by atoms with Gasteiger partial charge in [0, 0.05) is 26.7 Å². The second kappa shape index (κ2) is 7.54. The van der Waals surface area contributed by atoms with E-state index in [0.29, 0.717) is 0 Å². The van der Waals surface area contributed by atoms with Crippen molar-refractivity contribution in [2.45, 2.75) is 33.6 Å². The lowest BCUT2D eigenvalue weighted by atomic mass is 10.2. The molecule has 0 spiro atoms. The molecule has 17 heavy (non-hydrogen) atoms. The van der Waals surface area contributed by atoms with Gasteiger partial charge in [-0.2, -0.15) is 0 Å². The summed E-state index contributed by atoms with van der Waals surface area (Å²) in [5, 5.41) is 0. The Balaban J connectivity index is 4.22. The molecule has 0 aromatic carbocycles. The molecule has 6 nitrogen and oxygen atoms in total. The Morgan fingerprint density at radius 3 is 2.00 bits per heavy atom. The van der Waals surface area contributed by atoms with Crippen molar-refractivity contribution in [3.05, 3.63) is 0 Å². The lowest BCUT2D eigenvalue weighted by Gasteiger charge is -2.18. The molecule has 6 heteroatoms. The molecule has 0 heterocycles. The topological polar surface area (TPSA) is 80.8 Å². The molecular formula is C11H17NO5. The van der Waals surface area contributed by atoms with E-state index in [4.69, 9.17) is 0 Å². The van der Waals surface area contributed by atoms with E-state index < -0.39 is 17.8 Å². The van der Waals surface area contributed by atoms with E-state index in [1.807, 2.05) is 0 Å². The lowest BCUT2D eigenvalue weighted by Crippen LogP contribution is -2.38. The smallest absolute Gasteiger partial charge is 0.302 e. The third-order valence-corrected chi connectivity index (χ3v) is 1.99. The molecule has 0 rings (SSSR count). The van der Waals surface area contributed by atoms with Crippen LogP contribution in [0.5, 0.6) is 0 Å². The second-order valence-corrected chi connectivity index (χ2v) is 3.61. The second-order valence-electron chi connectivity index (χ2n) is 3.61. The Labute approximate surface area is 99.9 Å². The number of ketones is 1. The summed E-state index contributed by atoms with van der Waals surface area (Å²) in [5.74, 6) is -1.43. The Kier molecular flexibility index (Phi) is 6.77. The molecule has 0 bridgehead atoms. The van der Waals surface area contributed by atoms with E-state index in [-0.39, 0.29) is 31.8 Å². The largest absolute Gasteiger partial charge is 0.464 e. The number of imide groups is 1. The standard InChI is InChI=1S/C11H17NO5/c1-8(13)4-5-11(16)12(9(2)14)6-7-17-10(3)15/h4-7H2,1-3H3. The van der Waals surface area contributed by atoms with Gasteiger partial charge in [0.05, 0.1) is 6.54 Å². The van der Waals surface area contributed by atoms with Crippen LogP contribution < -0.4 is 0 Å². The first-order valence-electron chi connectivity index (χ1n) is 5.28. The average Bonchev–Trinajstić information content (AvgIpc) is 2.20. The van der Waals surface area contributed by atoms with Gasteiger partial charge in [-0.25, -0.2) is 0 Å². The Bertz CT molecular complexity index is 324. The van der Waals surface area contributed by atoms with Crippen molar-refractivity contribution < 1.29 is 23.9 Å². The highest BCUT2D eigenvalue weighted by molar-refractivity contribution is 5.95. The number of rotatable bonds is 6. The SMILES string of the molecule is CC(=O)CCC(=O)N(CCOC(C)=O)C(C)=O. The van der Waals surface area contributed by atoms with Crippen LogP contribution >= 0.6 is 0 Å². The molecule has 2 amide bonds. The summed E-state index contributed by atoms with van der Waals surface area (Å²) in [6, 6.07) is 0. The fraction of sp³-hybridized carbons (Fsp3) is 0.636. The van der Waals surface area contributed by atoms with E-state index in [1.165, 1.54) is 20.8 Å². The van der Waals surface area contributed by atoms with Crippen molar-refractivity contribution >= 4 is 23.6 Å². The molecule has 0 aliphatic heterocycles. The van der Waals surface area contributed by atoms with Gasteiger partial charge in [0.15, 0.2) is 0 Å². The predicted molar refractivity (Wildman–Crippen MR) is 58.9 cm³/mol. The number of esters is 1. The molecule has 0 N–H and O–H groups in total. The first kappa shape index (κ1) is 15.3. The molecule has 0 atom stereocenters. The van der Waals surface area contributed by atoms with Crippen LogP contribution in [0.4, 0.5) is 0 Å². The van der Waals surface area contributed by atoms with Crippen molar-refractivity contribution in [1.29, 1.82) is 0 Å². The van der Waals surface area contributed by atoms with Crippen LogP contribution in [-0.4, -0.2) is 41.6 Å². The molecule has 0 aliphatic carbocycles. The summed E-state index contributed by atoms with van der Waals surface area (Å²) in [4.78, 5) is 45.0. The highest BCUT2D eigenvalue weighted by Gasteiger charge is 2.18. The zero-order valence-corrected chi connectivity index (χ0v) is 10.3. The number of Topliss-reactive ketones (excluding diaryl/α,β-unsaturated/α-hetero) is 1. The lowest BCUT2D eigenvalue weighted by molar-refractivity contribution is -0.149. The van der Waals surface area contributed by atoms with Gasteiger partial charge >= 0.3 is 5.97 Å². The van der Waals surface area contributed by atoms with Crippen LogP contribution in [0.3, 0.4) is 0 Å². The number of carbonyl (C=O) groups excluding carboxylic acids is 4. The molecule has 0 fully saturated rings. The molecular weight excluding hydrogens is 226 g/mol. The first-order chi connectivity index (χ1) is 7.84. The van der Waals surface area contributed by atoms with Crippen molar-refractivity contribution in [1.82, 2.24) is 4.90 Å². The molecule has 0 aliphatic rings. The average molecular weight is 243 g/mol. The highest BCUT2D eigenvalue weighted by atomic mass is 16.5. The number of hydrogen-bond donors (Lipinski definition) is 0. The monoisotopic (exact) mass is 243 g/mol. The quantitative estimate of drug-likeness (QED) is 0.626. The van der Waals surface area contributed by atoms with E-state index in [1.54, 1.807) is 0 Å². The molecule has 0 radical (unpaired) electrons. The third-order valence-electron chi connectivity index (χ3n) is 1.99. The van der Waals surface area contributed by atoms with E-state index in [0.717, 1.165) is 4.90 Å². The predicted octanol–water partition coefficient (Wildman–Crippen LogP) is 0.294. The minimum absolute atomic E-state index is 0.00498. The molecule has 0 unspecified atom stereocenters. The van der Waals surface area contributed by atoms with E-state index in [9.17, 15) is 19.2 Å².